The van der Waals surface area contributed by atoms with Crippen molar-refractivity contribution >= 4 is 11.8 Å². The van der Waals surface area contributed by atoms with Crippen molar-refractivity contribution in [2.24, 2.45) is 0 Å². The van der Waals surface area contributed by atoms with Gasteiger partial charge >= 0.3 is 0 Å². The second-order valence-electron chi connectivity index (χ2n) is 3.53. The Morgan fingerprint density at radius 1 is 1.41 bits per heavy atom. The van der Waals surface area contributed by atoms with Crippen LogP contribution in [0.3, 0.4) is 0 Å². The van der Waals surface area contributed by atoms with Crippen molar-refractivity contribution in [2.75, 3.05) is 13.2 Å². The number of carbonyl (C=O) groups is 2. The molecule has 0 radical (unpaired) electrons. The molecule has 0 aromatic carbocycles. The summed E-state index contributed by atoms with van der Waals surface area (Å²) in [5, 5.41) is 8.69. The number of amides is 2. The van der Waals surface area contributed by atoms with E-state index in [0.717, 1.165) is 4.90 Å². The van der Waals surface area contributed by atoms with E-state index in [2.05, 4.69) is 4.98 Å². The molecule has 6 nitrogen and oxygen atoms in total. The van der Waals surface area contributed by atoms with E-state index in [9.17, 15) is 9.59 Å². The lowest BCUT2D eigenvalue weighted by atomic mass is 10.2. The number of nitriles is 1. The number of pyridine rings is 1. The van der Waals surface area contributed by atoms with Gasteiger partial charge < -0.3 is 4.74 Å². The van der Waals surface area contributed by atoms with E-state index in [1.54, 1.807) is 12.1 Å². The number of morpholine rings is 1. The van der Waals surface area contributed by atoms with Crippen molar-refractivity contribution in [3.8, 4) is 6.07 Å². The third kappa shape index (κ3) is 2.46. The maximum atomic E-state index is 11.5. The van der Waals surface area contributed by atoms with E-state index in [4.69, 9.17) is 10.00 Å². The van der Waals surface area contributed by atoms with Crippen molar-refractivity contribution in [3.63, 3.8) is 0 Å². The van der Waals surface area contributed by atoms with Gasteiger partial charge in [0.05, 0.1) is 6.54 Å². The number of ether oxygens (including phenoxy) is 1. The first-order valence-electron chi connectivity index (χ1n) is 4.96. The fourth-order valence-corrected chi connectivity index (χ4v) is 1.51. The number of nitrogens with zero attached hydrogens (tertiary/aromatic N) is 3. The van der Waals surface area contributed by atoms with Crippen LogP contribution in [-0.4, -0.2) is 34.9 Å². The summed E-state index contributed by atoms with van der Waals surface area (Å²) < 4.78 is 4.80. The molecule has 2 rings (SSSR count). The van der Waals surface area contributed by atoms with Crippen LogP contribution in [0.2, 0.25) is 0 Å². The lowest BCUT2D eigenvalue weighted by Gasteiger charge is -2.24. The summed E-state index contributed by atoms with van der Waals surface area (Å²) in [7, 11) is 0. The molecule has 0 saturated carbocycles. The average molecular weight is 231 g/mol. The van der Waals surface area contributed by atoms with Crippen molar-refractivity contribution in [1.82, 2.24) is 9.88 Å². The smallest absolute Gasteiger partial charge is 0.255 e. The summed E-state index contributed by atoms with van der Waals surface area (Å²) in [4.78, 5) is 27.9. The van der Waals surface area contributed by atoms with Crippen molar-refractivity contribution in [1.29, 1.82) is 5.26 Å². The zero-order chi connectivity index (χ0) is 12.3. The van der Waals surface area contributed by atoms with Crippen LogP contribution in [0.15, 0.2) is 18.3 Å². The number of imide groups is 1. The highest BCUT2D eigenvalue weighted by Crippen LogP contribution is 2.09. The summed E-state index contributed by atoms with van der Waals surface area (Å²) in [6.07, 6.45) is 1.48. The minimum Gasteiger partial charge on any atom is -0.362 e. The van der Waals surface area contributed by atoms with Gasteiger partial charge in [-0.1, -0.05) is 0 Å². The van der Waals surface area contributed by atoms with Crippen LogP contribution in [0.5, 0.6) is 0 Å². The van der Waals surface area contributed by atoms with E-state index in [-0.39, 0.29) is 37.3 Å². The Labute approximate surface area is 97.4 Å². The van der Waals surface area contributed by atoms with Gasteiger partial charge in [0.25, 0.3) is 11.8 Å². The van der Waals surface area contributed by atoms with Crippen molar-refractivity contribution in [3.05, 3.63) is 29.6 Å². The third-order valence-corrected chi connectivity index (χ3v) is 2.33. The van der Waals surface area contributed by atoms with Gasteiger partial charge in [-0.3, -0.25) is 14.5 Å². The topological polar surface area (TPSA) is 83.3 Å². The molecule has 6 heteroatoms. The van der Waals surface area contributed by atoms with Gasteiger partial charge in [-0.2, -0.15) is 5.26 Å². The molecule has 1 aliphatic heterocycles. The average Bonchev–Trinajstić information content (AvgIpc) is 2.34. The Kier molecular flexibility index (Phi) is 3.12. The number of rotatable bonds is 2. The zero-order valence-corrected chi connectivity index (χ0v) is 8.92. The molecule has 0 bridgehead atoms. The van der Waals surface area contributed by atoms with Gasteiger partial charge in [0, 0.05) is 6.20 Å². The molecule has 0 aliphatic carbocycles. The van der Waals surface area contributed by atoms with E-state index < -0.39 is 0 Å². The SMILES string of the molecule is N#Cc1cc(CN2C(=O)COCC2=O)ccn1. The van der Waals surface area contributed by atoms with E-state index >= 15 is 0 Å². The lowest BCUT2D eigenvalue weighted by Crippen LogP contribution is -2.45. The fourth-order valence-electron chi connectivity index (χ4n) is 1.51. The molecule has 17 heavy (non-hydrogen) atoms. The summed E-state index contributed by atoms with van der Waals surface area (Å²) in [6, 6.07) is 5.12. The Morgan fingerprint density at radius 2 is 2.12 bits per heavy atom. The molecular weight excluding hydrogens is 222 g/mol. The predicted molar refractivity (Wildman–Crippen MR) is 55.3 cm³/mol. The summed E-state index contributed by atoms with van der Waals surface area (Å²) in [5.74, 6) is -0.729. The van der Waals surface area contributed by atoms with Crippen molar-refractivity contribution < 1.29 is 14.3 Å². The Bertz CT molecular complexity index is 491. The number of hydrogen-bond acceptors (Lipinski definition) is 5. The molecule has 1 fully saturated rings. The monoisotopic (exact) mass is 231 g/mol. The number of aromatic nitrogens is 1. The minimum atomic E-state index is -0.364. The van der Waals surface area contributed by atoms with Gasteiger partial charge in [0.1, 0.15) is 25.0 Å². The molecule has 1 aromatic rings. The Balaban J connectivity index is 2.16. The zero-order valence-electron chi connectivity index (χ0n) is 8.92. The van der Waals surface area contributed by atoms with Crippen LogP contribution in [0.25, 0.3) is 0 Å². The van der Waals surface area contributed by atoms with E-state index in [1.165, 1.54) is 6.20 Å². The molecule has 0 atom stereocenters. The standard InChI is InChI=1S/C11H9N3O3/c12-4-9-3-8(1-2-13-9)5-14-10(15)6-17-7-11(14)16/h1-3H,5-7H2. The van der Waals surface area contributed by atoms with Crippen LogP contribution < -0.4 is 0 Å². The molecule has 1 saturated heterocycles. The van der Waals surface area contributed by atoms with E-state index in [1.807, 2.05) is 6.07 Å². The second-order valence-corrected chi connectivity index (χ2v) is 3.53. The van der Waals surface area contributed by atoms with Gasteiger partial charge in [0.2, 0.25) is 0 Å². The van der Waals surface area contributed by atoms with Gasteiger partial charge in [-0.25, -0.2) is 4.98 Å². The highest BCUT2D eigenvalue weighted by molar-refractivity contribution is 5.98. The molecule has 1 aliphatic rings. The van der Waals surface area contributed by atoms with Crippen LogP contribution in [0, 0.1) is 11.3 Å². The van der Waals surface area contributed by atoms with E-state index in [0.29, 0.717) is 5.56 Å². The molecule has 0 unspecified atom stereocenters. The first-order valence-corrected chi connectivity index (χ1v) is 4.96. The molecular formula is C11H9N3O3. The molecule has 1 aromatic heterocycles. The first-order chi connectivity index (χ1) is 8.20. The molecule has 0 N–H and O–H groups in total. The summed E-state index contributed by atoms with van der Waals surface area (Å²) in [5.41, 5.74) is 0.954. The van der Waals surface area contributed by atoms with Crippen molar-refractivity contribution in [2.45, 2.75) is 6.54 Å². The number of carbonyl (C=O) groups excluding carboxylic acids is 2. The molecule has 2 heterocycles. The number of hydrogen-bond donors (Lipinski definition) is 0. The molecule has 86 valence electrons. The fraction of sp³-hybridized carbons (Fsp3) is 0.273. The maximum Gasteiger partial charge on any atom is 0.255 e. The van der Waals surface area contributed by atoms with Gasteiger partial charge in [0.15, 0.2) is 0 Å². The summed E-state index contributed by atoms with van der Waals surface area (Å²) in [6.45, 7) is -0.0118. The second kappa shape index (κ2) is 4.72. The predicted octanol–water partition coefficient (Wildman–Crippen LogP) is -0.161. The van der Waals surface area contributed by atoms with Crippen LogP contribution in [0.4, 0.5) is 0 Å². The summed E-state index contributed by atoms with van der Waals surface area (Å²) >= 11 is 0. The third-order valence-electron chi connectivity index (χ3n) is 2.33. The van der Waals surface area contributed by atoms with Gasteiger partial charge in [-0.05, 0) is 17.7 Å². The molecule has 2 amide bonds. The normalized spacial score (nSPS) is 15.8. The van der Waals surface area contributed by atoms with Crippen LogP contribution in [-0.2, 0) is 20.9 Å². The van der Waals surface area contributed by atoms with Gasteiger partial charge in [-0.15, -0.1) is 0 Å². The maximum absolute atomic E-state index is 11.5. The lowest BCUT2D eigenvalue weighted by molar-refractivity contribution is -0.159. The highest BCUT2D eigenvalue weighted by Gasteiger charge is 2.26. The largest absolute Gasteiger partial charge is 0.362 e. The first kappa shape index (κ1) is 11.2. The quantitative estimate of drug-likeness (QED) is 0.660. The van der Waals surface area contributed by atoms with Crippen LogP contribution >= 0.6 is 0 Å². The minimum absolute atomic E-state index is 0.0814. The highest BCUT2D eigenvalue weighted by atomic mass is 16.5. The Hall–Kier alpha value is -2.26. The van der Waals surface area contributed by atoms with Crippen LogP contribution in [0.1, 0.15) is 11.3 Å². The Morgan fingerprint density at radius 3 is 2.76 bits per heavy atom. The molecule has 0 spiro atoms.